The van der Waals surface area contributed by atoms with Crippen LogP contribution in [0.3, 0.4) is 0 Å². The lowest BCUT2D eigenvalue weighted by atomic mass is 10.0. The van der Waals surface area contributed by atoms with E-state index in [4.69, 9.17) is 4.98 Å². The predicted octanol–water partition coefficient (Wildman–Crippen LogP) is 3.85. The van der Waals surface area contributed by atoms with Gasteiger partial charge in [0.05, 0.1) is 5.69 Å². The molecule has 162 valence electrons. The number of rotatable bonds is 4. The second-order valence-corrected chi connectivity index (χ2v) is 7.72. The van der Waals surface area contributed by atoms with Gasteiger partial charge in [-0.3, -0.25) is 10.0 Å². The Morgan fingerprint density at radius 2 is 1.85 bits per heavy atom. The number of pyridine rings is 2. The molecule has 0 radical (unpaired) electrons. The van der Waals surface area contributed by atoms with Crippen molar-refractivity contribution in [2.45, 2.75) is 13.8 Å². The summed E-state index contributed by atoms with van der Waals surface area (Å²) in [5.74, 6) is -0.133. The number of nitrogens with zero attached hydrogens (tertiary/aromatic N) is 5. The smallest absolute Gasteiger partial charge is 0.301 e. The zero-order valence-corrected chi connectivity index (χ0v) is 18.1. The van der Waals surface area contributed by atoms with Crippen molar-refractivity contribution >= 4 is 17.4 Å². The normalized spacial score (nSPS) is 11.0. The molecule has 33 heavy (non-hydrogen) atoms. The molecular weight excluding hydrogens is 416 g/mol. The number of benzene rings is 1. The first kappa shape index (κ1) is 20.3. The van der Waals surface area contributed by atoms with Gasteiger partial charge >= 0.3 is 11.6 Å². The highest BCUT2D eigenvalue weighted by Crippen LogP contribution is 2.33. The molecular formula is C25H21N6O2+. The number of anilines is 1. The van der Waals surface area contributed by atoms with Crippen LogP contribution in [0.2, 0.25) is 0 Å². The van der Waals surface area contributed by atoms with Gasteiger partial charge in [-0.15, -0.1) is 0 Å². The number of fused-ring (bicyclic) bond motifs is 1. The van der Waals surface area contributed by atoms with Crippen molar-refractivity contribution in [1.82, 2.24) is 19.6 Å². The Morgan fingerprint density at radius 3 is 2.67 bits per heavy atom. The van der Waals surface area contributed by atoms with E-state index in [-0.39, 0.29) is 5.69 Å². The van der Waals surface area contributed by atoms with Gasteiger partial charge < -0.3 is 5.32 Å². The standard InChI is InChI=1S/C25H20N6O2/c1-16-8-9-18(14-17(16)2)23-24(31-22(29-23)7-5-11-27-31)19-10-12-26-21(15-19)28-25(32)20-6-3-4-13-30(20)33/h3-15H,1-2H3,(H-,26,28,32,33)/p+1. The molecule has 0 atom stereocenters. The van der Waals surface area contributed by atoms with Crippen LogP contribution in [0.4, 0.5) is 5.82 Å². The maximum atomic E-state index is 12.6. The van der Waals surface area contributed by atoms with E-state index in [1.54, 1.807) is 35.1 Å². The molecule has 5 rings (SSSR count). The van der Waals surface area contributed by atoms with Crippen molar-refractivity contribution in [1.29, 1.82) is 0 Å². The van der Waals surface area contributed by atoms with Gasteiger partial charge in [-0.1, -0.05) is 12.1 Å². The number of aryl methyl sites for hydroxylation is 2. The molecule has 4 aromatic heterocycles. The number of nitrogens with one attached hydrogen (secondary N) is 1. The van der Waals surface area contributed by atoms with E-state index in [0.717, 1.165) is 27.2 Å². The van der Waals surface area contributed by atoms with Crippen molar-refractivity contribution in [2.24, 2.45) is 0 Å². The van der Waals surface area contributed by atoms with E-state index in [1.165, 1.54) is 23.4 Å². The van der Waals surface area contributed by atoms with Gasteiger partial charge in [-0.05, 0) is 61.4 Å². The number of hydrogen-bond acceptors (Lipinski definition) is 5. The molecule has 0 saturated carbocycles. The summed E-state index contributed by atoms with van der Waals surface area (Å²) < 4.78 is 2.55. The number of imidazole rings is 1. The van der Waals surface area contributed by atoms with Crippen molar-refractivity contribution in [3.63, 3.8) is 0 Å². The molecule has 1 aromatic carbocycles. The minimum atomic E-state index is -0.478. The number of hydrogen-bond donors (Lipinski definition) is 2. The highest BCUT2D eigenvalue weighted by atomic mass is 16.5. The molecule has 0 unspecified atom stereocenters. The third kappa shape index (κ3) is 3.78. The topological polar surface area (TPSA) is 96.3 Å². The fourth-order valence-corrected chi connectivity index (χ4v) is 3.68. The number of carbonyl (C=O) groups excluding carboxylic acids is 1. The summed E-state index contributed by atoms with van der Waals surface area (Å²) in [6.07, 6.45) is 4.72. The fourth-order valence-electron chi connectivity index (χ4n) is 3.68. The molecule has 0 bridgehead atoms. The van der Waals surface area contributed by atoms with E-state index < -0.39 is 5.91 Å². The molecule has 2 N–H and O–H groups in total. The minimum absolute atomic E-state index is 0.0944. The largest absolute Gasteiger partial charge is 0.326 e. The second kappa shape index (κ2) is 8.16. The number of amides is 1. The van der Waals surface area contributed by atoms with Crippen LogP contribution in [0.15, 0.2) is 79.3 Å². The van der Waals surface area contributed by atoms with E-state index in [0.29, 0.717) is 11.5 Å². The highest BCUT2D eigenvalue weighted by Gasteiger charge is 2.21. The summed E-state index contributed by atoms with van der Waals surface area (Å²) in [6.45, 7) is 4.15. The van der Waals surface area contributed by atoms with Gasteiger partial charge in [-0.25, -0.2) is 14.5 Å². The van der Waals surface area contributed by atoms with Gasteiger partial charge in [0, 0.05) is 40.4 Å². The van der Waals surface area contributed by atoms with E-state index in [9.17, 15) is 10.0 Å². The summed E-state index contributed by atoms with van der Waals surface area (Å²) in [6, 6.07) is 18.4. The first-order valence-corrected chi connectivity index (χ1v) is 10.4. The molecule has 8 heteroatoms. The van der Waals surface area contributed by atoms with Crippen LogP contribution in [-0.2, 0) is 0 Å². The van der Waals surface area contributed by atoms with E-state index >= 15 is 0 Å². The number of carbonyl (C=O) groups is 1. The lowest BCUT2D eigenvalue weighted by Gasteiger charge is -2.09. The molecule has 1 amide bonds. The highest BCUT2D eigenvalue weighted by molar-refractivity contribution is 6.01. The molecule has 0 saturated heterocycles. The van der Waals surface area contributed by atoms with E-state index in [2.05, 4.69) is 41.4 Å². The Hall–Kier alpha value is -4.59. The summed E-state index contributed by atoms with van der Waals surface area (Å²) in [5.41, 5.74) is 6.55. The SMILES string of the molecule is Cc1ccc(-c2nc3cccnn3c2-c2ccnc(NC(=O)c3cccc[n+]3O)c2)cc1C. The van der Waals surface area contributed by atoms with E-state index in [1.807, 2.05) is 24.3 Å². The van der Waals surface area contributed by atoms with Crippen LogP contribution in [0, 0.1) is 13.8 Å². The molecule has 8 nitrogen and oxygen atoms in total. The Kier molecular flexibility index (Phi) is 5.02. The van der Waals surface area contributed by atoms with Crippen LogP contribution in [0.1, 0.15) is 21.6 Å². The molecule has 0 spiro atoms. The Labute approximate surface area is 189 Å². The third-order valence-electron chi connectivity index (χ3n) is 5.52. The van der Waals surface area contributed by atoms with Crippen molar-refractivity contribution in [3.8, 4) is 22.5 Å². The molecule has 0 fully saturated rings. The van der Waals surface area contributed by atoms with Gasteiger partial charge in [0.1, 0.15) is 11.5 Å². The van der Waals surface area contributed by atoms with Crippen molar-refractivity contribution < 1.29 is 14.7 Å². The maximum absolute atomic E-state index is 12.6. The van der Waals surface area contributed by atoms with Crippen LogP contribution < -0.4 is 10.0 Å². The average molecular weight is 437 g/mol. The monoisotopic (exact) mass is 437 g/mol. The van der Waals surface area contributed by atoms with Crippen LogP contribution >= 0.6 is 0 Å². The summed E-state index contributed by atoms with van der Waals surface area (Å²) in [4.78, 5) is 21.8. The van der Waals surface area contributed by atoms with Crippen LogP contribution in [0.25, 0.3) is 28.2 Å². The second-order valence-electron chi connectivity index (χ2n) is 7.72. The fraction of sp³-hybridized carbons (Fsp3) is 0.0800. The zero-order valence-electron chi connectivity index (χ0n) is 18.1. The Bertz CT molecular complexity index is 1510. The zero-order chi connectivity index (χ0) is 22.9. The summed E-state index contributed by atoms with van der Waals surface area (Å²) in [5, 5.41) is 17.1. The summed E-state index contributed by atoms with van der Waals surface area (Å²) >= 11 is 0. The third-order valence-corrected chi connectivity index (χ3v) is 5.52. The quantitative estimate of drug-likeness (QED) is 0.329. The lowest BCUT2D eigenvalue weighted by molar-refractivity contribution is -0.905. The van der Waals surface area contributed by atoms with Crippen molar-refractivity contribution in [2.75, 3.05) is 5.32 Å². The minimum Gasteiger partial charge on any atom is -0.301 e. The first-order chi connectivity index (χ1) is 16.0. The van der Waals surface area contributed by atoms with Crippen LogP contribution in [-0.4, -0.2) is 30.7 Å². The molecule has 5 aromatic rings. The molecule has 0 aliphatic rings. The number of aromatic nitrogens is 5. The molecule has 4 heterocycles. The Balaban J connectivity index is 1.60. The molecule has 0 aliphatic carbocycles. The van der Waals surface area contributed by atoms with Gasteiger partial charge in [-0.2, -0.15) is 5.10 Å². The van der Waals surface area contributed by atoms with Gasteiger partial charge in [0.15, 0.2) is 5.65 Å². The first-order valence-electron chi connectivity index (χ1n) is 10.4. The lowest BCUT2D eigenvalue weighted by Crippen LogP contribution is -2.39. The summed E-state index contributed by atoms with van der Waals surface area (Å²) in [7, 11) is 0. The van der Waals surface area contributed by atoms with Crippen molar-refractivity contribution in [3.05, 3.63) is 96.1 Å². The van der Waals surface area contributed by atoms with Gasteiger partial charge in [0.2, 0.25) is 6.20 Å². The van der Waals surface area contributed by atoms with Gasteiger partial charge in [0.25, 0.3) is 0 Å². The Morgan fingerprint density at radius 1 is 0.970 bits per heavy atom. The van der Waals surface area contributed by atoms with Crippen LogP contribution in [0.5, 0.6) is 0 Å². The average Bonchev–Trinajstić information content (AvgIpc) is 3.21. The predicted molar refractivity (Wildman–Crippen MR) is 123 cm³/mol. The maximum Gasteiger partial charge on any atom is 0.326 e. The molecule has 0 aliphatic heterocycles.